The summed E-state index contributed by atoms with van der Waals surface area (Å²) in [6.07, 6.45) is 9.06. The summed E-state index contributed by atoms with van der Waals surface area (Å²) >= 11 is 0. The van der Waals surface area contributed by atoms with E-state index in [9.17, 15) is 9.59 Å². The molecule has 1 heterocycles. The molecule has 0 radical (unpaired) electrons. The number of nitrogens with zero attached hydrogens (tertiary/aromatic N) is 1. The Hall–Kier alpha value is -1.10. The number of hydrogen-bond donors (Lipinski definition) is 2. The Morgan fingerprint density at radius 2 is 1.78 bits per heavy atom. The molecule has 2 N–H and O–H groups in total. The van der Waals surface area contributed by atoms with Crippen molar-refractivity contribution in [3.05, 3.63) is 0 Å². The second-order valence-corrected chi connectivity index (χ2v) is 7.81. The highest BCUT2D eigenvalue weighted by molar-refractivity contribution is 5.78. The third kappa shape index (κ3) is 4.93. The van der Waals surface area contributed by atoms with Gasteiger partial charge in [-0.2, -0.15) is 0 Å². The SMILES string of the molecule is CC(=O)N[C@@H]1CN(CC(=O)NCC2CCCCC2)C[C@H]1C1CC1. The van der Waals surface area contributed by atoms with E-state index in [1.54, 1.807) is 6.92 Å². The highest BCUT2D eigenvalue weighted by Crippen LogP contribution is 2.41. The van der Waals surface area contributed by atoms with Crippen molar-refractivity contribution in [3.63, 3.8) is 0 Å². The molecular weight excluding hydrogens is 290 g/mol. The fraction of sp³-hybridized carbons (Fsp3) is 0.889. The van der Waals surface area contributed by atoms with Crippen LogP contribution in [0.1, 0.15) is 51.9 Å². The van der Waals surface area contributed by atoms with Crippen LogP contribution in [-0.2, 0) is 9.59 Å². The average molecular weight is 321 g/mol. The molecule has 23 heavy (non-hydrogen) atoms. The van der Waals surface area contributed by atoms with Crippen molar-refractivity contribution < 1.29 is 9.59 Å². The minimum Gasteiger partial charge on any atom is -0.355 e. The van der Waals surface area contributed by atoms with Gasteiger partial charge in [-0.05, 0) is 43.4 Å². The lowest BCUT2D eigenvalue weighted by molar-refractivity contribution is -0.122. The van der Waals surface area contributed by atoms with E-state index in [2.05, 4.69) is 15.5 Å². The van der Waals surface area contributed by atoms with Crippen LogP contribution in [0, 0.1) is 17.8 Å². The molecule has 130 valence electrons. The molecule has 0 bridgehead atoms. The van der Waals surface area contributed by atoms with Crippen LogP contribution in [0.5, 0.6) is 0 Å². The first-order chi connectivity index (χ1) is 11.1. The average Bonchev–Trinajstić information content (AvgIpc) is 3.29. The van der Waals surface area contributed by atoms with E-state index in [0.29, 0.717) is 18.4 Å². The summed E-state index contributed by atoms with van der Waals surface area (Å²) in [7, 11) is 0. The summed E-state index contributed by atoms with van der Waals surface area (Å²) in [4.78, 5) is 25.8. The maximum atomic E-state index is 12.2. The maximum Gasteiger partial charge on any atom is 0.234 e. The molecule has 3 rings (SSSR count). The van der Waals surface area contributed by atoms with Gasteiger partial charge < -0.3 is 10.6 Å². The number of carbonyl (C=O) groups excluding carboxylic acids is 2. The zero-order valence-corrected chi connectivity index (χ0v) is 14.4. The standard InChI is InChI=1S/C18H31N3O2/c1-13(22)20-17-11-21(10-16(17)15-7-8-15)12-18(23)19-9-14-5-3-2-4-6-14/h14-17H,2-12H2,1H3,(H,19,23)(H,20,22)/t16-,17+/m0/s1. The Kier molecular flexibility index (Phi) is 5.57. The van der Waals surface area contributed by atoms with E-state index >= 15 is 0 Å². The molecule has 2 saturated carbocycles. The summed E-state index contributed by atoms with van der Waals surface area (Å²) in [5.41, 5.74) is 0. The molecule has 0 unspecified atom stereocenters. The van der Waals surface area contributed by atoms with Gasteiger partial charge in [-0.15, -0.1) is 0 Å². The van der Waals surface area contributed by atoms with Crippen molar-refractivity contribution in [1.82, 2.24) is 15.5 Å². The van der Waals surface area contributed by atoms with Crippen LogP contribution >= 0.6 is 0 Å². The first-order valence-corrected chi connectivity index (χ1v) is 9.38. The first kappa shape index (κ1) is 16.7. The number of carbonyl (C=O) groups is 2. The smallest absolute Gasteiger partial charge is 0.234 e. The van der Waals surface area contributed by atoms with E-state index in [-0.39, 0.29) is 17.9 Å². The number of rotatable bonds is 6. The lowest BCUT2D eigenvalue weighted by Crippen LogP contribution is -2.41. The van der Waals surface area contributed by atoms with E-state index < -0.39 is 0 Å². The van der Waals surface area contributed by atoms with Crippen molar-refractivity contribution >= 4 is 11.8 Å². The summed E-state index contributed by atoms with van der Waals surface area (Å²) in [5, 5.41) is 6.21. The Balaban J connectivity index is 1.42. The highest BCUT2D eigenvalue weighted by Gasteiger charge is 2.43. The minimum absolute atomic E-state index is 0.0456. The molecular formula is C18H31N3O2. The molecule has 0 aromatic heterocycles. The van der Waals surface area contributed by atoms with E-state index in [0.717, 1.165) is 25.6 Å². The quantitative estimate of drug-likeness (QED) is 0.780. The van der Waals surface area contributed by atoms with Crippen LogP contribution < -0.4 is 10.6 Å². The molecule has 3 fully saturated rings. The van der Waals surface area contributed by atoms with Gasteiger partial charge in [0.2, 0.25) is 11.8 Å². The van der Waals surface area contributed by atoms with Gasteiger partial charge in [0.1, 0.15) is 0 Å². The van der Waals surface area contributed by atoms with Crippen molar-refractivity contribution in [2.45, 2.75) is 57.9 Å². The van der Waals surface area contributed by atoms with E-state index in [4.69, 9.17) is 0 Å². The maximum absolute atomic E-state index is 12.2. The molecule has 1 saturated heterocycles. The van der Waals surface area contributed by atoms with Gasteiger partial charge in [0.15, 0.2) is 0 Å². The minimum atomic E-state index is 0.0456. The summed E-state index contributed by atoms with van der Waals surface area (Å²) < 4.78 is 0. The van der Waals surface area contributed by atoms with Gasteiger partial charge in [-0.25, -0.2) is 0 Å². The van der Waals surface area contributed by atoms with Gasteiger partial charge in [0.05, 0.1) is 6.54 Å². The van der Waals surface area contributed by atoms with Crippen molar-refractivity contribution in [1.29, 1.82) is 0 Å². The molecule has 5 heteroatoms. The fourth-order valence-corrected chi connectivity index (χ4v) is 4.37. The van der Waals surface area contributed by atoms with Crippen LogP contribution in [0.2, 0.25) is 0 Å². The van der Waals surface area contributed by atoms with Gasteiger partial charge in [0.25, 0.3) is 0 Å². The van der Waals surface area contributed by atoms with Crippen molar-refractivity contribution in [3.8, 4) is 0 Å². The monoisotopic (exact) mass is 321 g/mol. The van der Waals surface area contributed by atoms with E-state index in [1.165, 1.54) is 44.9 Å². The topological polar surface area (TPSA) is 61.4 Å². The fourth-order valence-electron chi connectivity index (χ4n) is 4.37. The summed E-state index contributed by atoms with van der Waals surface area (Å²) in [6.45, 7) is 4.67. The molecule has 2 aliphatic carbocycles. The number of likely N-dealkylation sites (tertiary alicyclic amines) is 1. The molecule has 0 aromatic carbocycles. The van der Waals surface area contributed by atoms with Crippen LogP contribution in [0.4, 0.5) is 0 Å². The van der Waals surface area contributed by atoms with Crippen LogP contribution in [-0.4, -0.2) is 48.9 Å². The number of nitrogens with one attached hydrogen (secondary N) is 2. The van der Waals surface area contributed by atoms with Crippen LogP contribution in [0.3, 0.4) is 0 Å². The Labute approximate surface area is 139 Å². The van der Waals surface area contributed by atoms with Crippen molar-refractivity contribution in [2.24, 2.45) is 17.8 Å². The summed E-state index contributed by atoms with van der Waals surface area (Å²) in [5.74, 6) is 2.16. The molecule has 3 aliphatic rings. The summed E-state index contributed by atoms with van der Waals surface area (Å²) in [6, 6.07) is 0.228. The van der Waals surface area contributed by atoms with Gasteiger partial charge >= 0.3 is 0 Å². The zero-order chi connectivity index (χ0) is 16.2. The van der Waals surface area contributed by atoms with Crippen LogP contribution in [0.25, 0.3) is 0 Å². The third-order valence-corrected chi connectivity index (χ3v) is 5.74. The second kappa shape index (κ2) is 7.65. The molecule has 0 aromatic rings. The zero-order valence-electron chi connectivity index (χ0n) is 14.4. The van der Waals surface area contributed by atoms with Gasteiger partial charge in [0, 0.05) is 32.6 Å². The van der Waals surface area contributed by atoms with Crippen molar-refractivity contribution in [2.75, 3.05) is 26.2 Å². The number of hydrogen-bond acceptors (Lipinski definition) is 3. The van der Waals surface area contributed by atoms with Crippen LogP contribution in [0.15, 0.2) is 0 Å². The first-order valence-electron chi connectivity index (χ1n) is 9.38. The number of amides is 2. The molecule has 5 nitrogen and oxygen atoms in total. The predicted octanol–water partition coefficient (Wildman–Crippen LogP) is 1.53. The Bertz CT molecular complexity index is 430. The lowest BCUT2D eigenvalue weighted by atomic mass is 9.89. The Morgan fingerprint density at radius 3 is 2.43 bits per heavy atom. The Morgan fingerprint density at radius 1 is 1.04 bits per heavy atom. The predicted molar refractivity (Wildman–Crippen MR) is 89.8 cm³/mol. The third-order valence-electron chi connectivity index (χ3n) is 5.74. The highest BCUT2D eigenvalue weighted by atomic mass is 16.2. The molecule has 2 atom stereocenters. The molecule has 1 aliphatic heterocycles. The van der Waals surface area contributed by atoms with Gasteiger partial charge in [-0.3, -0.25) is 14.5 Å². The molecule has 0 spiro atoms. The largest absolute Gasteiger partial charge is 0.355 e. The normalized spacial score (nSPS) is 29.4. The van der Waals surface area contributed by atoms with Gasteiger partial charge in [-0.1, -0.05) is 19.3 Å². The second-order valence-electron chi connectivity index (χ2n) is 7.81. The molecule has 2 amide bonds. The lowest BCUT2D eigenvalue weighted by Gasteiger charge is -2.22. The van der Waals surface area contributed by atoms with E-state index in [1.807, 2.05) is 0 Å².